The lowest BCUT2D eigenvalue weighted by Crippen LogP contribution is -2.11. The number of rotatable bonds is 4. The quantitative estimate of drug-likeness (QED) is 0.549. The zero-order chi connectivity index (χ0) is 10.4. The highest BCUT2D eigenvalue weighted by molar-refractivity contribution is 6.68. The first-order valence-corrected chi connectivity index (χ1v) is 4.72. The molecule has 0 bridgehead atoms. The van der Waals surface area contributed by atoms with Gasteiger partial charge in [-0.05, 0) is 11.6 Å². The normalized spacial score (nSPS) is 11.1. The van der Waals surface area contributed by atoms with Gasteiger partial charge in [0.15, 0.2) is 0 Å². The van der Waals surface area contributed by atoms with Crippen molar-refractivity contribution in [2.45, 2.75) is 6.54 Å². The Labute approximate surface area is 89.5 Å². The Morgan fingerprint density at radius 1 is 1.50 bits per heavy atom. The van der Waals surface area contributed by atoms with Crippen LogP contribution in [0.25, 0.3) is 0 Å². The van der Waals surface area contributed by atoms with Crippen molar-refractivity contribution >= 4 is 16.8 Å². The van der Waals surface area contributed by atoms with Crippen molar-refractivity contribution in [1.29, 1.82) is 0 Å². The second kappa shape index (κ2) is 5.45. The summed E-state index contributed by atoms with van der Waals surface area (Å²) in [5.41, 5.74) is 1.20. The lowest BCUT2D eigenvalue weighted by atomic mass is 10.2. The lowest BCUT2D eigenvalue weighted by molar-refractivity contribution is 0.348. The molecule has 0 aliphatic rings. The Bertz CT molecular complexity index is 319. The number of hydrazone groups is 1. The van der Waals surface area contributed by atoms with E-state index in [1.165, 1.54) is 11.6 Å². The molecule has 3 heteroatoms. The van der Waals surface area contributed by atoms with Gasteiger partial charge in [-0.15, -0.1) is 0 Å². The molecule has 0 saturated heterocycles. The van der Waals surface area contributed by atoms with Crippen LogP contribution in [0.4, 0.5) is 0 Å². The van der Waals surface area contributed by atoms with Gasteiger partial charge in [-0.1, -0.05) is 48.5 Å². The Hall–Kier alpha value is -1.28. The van der Waals surface area contributed by atoms with Gasteiger partial charge in [-0.25, -0.2) is 0 Å². The summed E-state index contributed by atoms with van der Waals surface area (Å²) in [6, 6.07) is 10.1. The molecule has 0 saturated carbocycles. The molecule has 0 aliphatic carbocycles. The minimum Gasteiger partial charge on any atom is -0.294 e. The van der Waals surface area contributed by atoms with Crippen molar-refractivity contribution in [1.82, 2.24) is 5.01 Å². The van der Waals surface area contributed by atoms with Crippen molar-refractivity contribution in [3.8, 4) is 0 Å². The number of hydrogen-bond donors (Lipinski definition) is 0. The van der Waals surface area contributed by atoms with E-state index in [2.05, 4.69) is 11.7 Å². The van der Waals surface area contributed by atoms with Gasteiger partial charge in [0.25, 0.3) is 0 Å². The predicted molar refractivity (Wildman–Crippen MR) is 61.4 cm³/mol. The van der Waals surface area contributed by atoms with Gasteiger partial charge < -0.3 is 0 Å². The summed E-state index contributed by atoms with van der Waals surface area (Å²) < 4.78 is 0. The van der Waals surface area contributed by atoms with E-state index < -0.39 is 0 Å². The fourth-order valence-electron chi connectivity index (χ4n) is 1.09. The van der Waals surface area contributed by atoms with Gasteiger partial charge in [0.2, 0.25) is 0 Å². The third-order valence-corrected chi connectivity index (χ3v) is 1.92. The first-order chi connectivity index (χ1) is 6.72. The van der Waals surface area contributed by atoms with Gasteiger partial charge >= 0.3 is 0 Å². The van der Waals surface area contributed by atoms with E-state index in [9.17, 15) is 0 Å². The maximum atomic E-state index is 5.72. The van der Waals surface area contributed by atoms with Crippen LogP contribution in [0.15, 0.2) is 48.1 Å². The molecule has 0 N–H and O–H groups in total. The van der Waals surface area contributed by atoms with Crippen LogP contribution in [0.2, 0.25) is 0 Å². The van der Waals surface area contributed by atoms with Gasteiger partial charge in [0.05, 0.1) is 6.54 Å². The van der Waals surface area contributed by atoms with Crippen molar-refractivity contribution in [3.63, 3.8) is 0 Å². The average molecular weight is 209 g/mol. The molecule has 0 heterocycles. The van der Waals surface area contributed by atoms with Gasteiger partial charge in [-0.2, -0.15) is 5.10 Å². The highest BCUT2D eigenvalue weighted by Crippen LogP contribution is 2.03. The molecule has 0 aliphatic heterocycles. The zero-order valence-electron chi connectivity index (χ0n) is 8.15. The minimum absolute atomic E-state index is 0.406. The van der Waals surface area contributed by atoms with Gasteiger partial charge in [0.1, 0.15) is 5.17 Å². The third kappa shape index (κ3) is 3.62. The smallest absolute Gasteiger partial charge is 0.148 e. The molecular formula is C11H13ClN2. The van der Waals surface area contributed by atoms with E-state index in [1.807, 2.05) is 37.4 Å². The second-order valence-electron chi connectivity index (χ2n) is 2.93. The Morgan fingerprint density at radius 2 is 2.14 bits per heavy atom. The fourth-order valence-corrected chi connectivity index (χ4v) is 1.22. The summed E-state index contributed by atoms with van der Waals surface area (Å²) in [6.45, 7) is 4.27. The molecule has 1 rings (SSSR count). The topological polar surface area (TPSA) is 15.6 Å². The van der Waals surface area contributed by atoms with Crippen LogP contribution < -0.4 is 0 Å². The summed E-state index contributed by atoms with van der Waals surface area (Å²) >= 11 is 5.72. The number of benzene rings is 1. The van der Waals surface area contributed by atoms with Crippen molar-refractivity contribution < 1.29 is 0 Å². The summed E-state index contributed by atoms with van der Waals surface area (Å²) in [6.07, 6.45) is 1.52. The fraction of sp³-hybridized carbons (Fsp3) is 0.182. The molecule has 0 amide bonds. The van der Waals surface area contributed by atoms with Gasteiger partial charge in [0, 0.05) is 7.05 Å². The first kappa shape index (κ1) is 10.8. The largest absolute Gasteiger partial charge is 0.294 e. The molecule has 2 nitrogen and oxygen atoms in total. The van der Waals surface area contributed by atoms with E-state index >= 15 is 0 Å². The monoisotopic (exact) mass is 208 g/mol. The van der Waals surface area contributed by atoms with Crippen LogP contribution in [-0.2, 0) is 6.54 Å². The molecule has 1 aromatic rings. The van der Waals surface area contributed by atoms with Crippen LogP contribution in [0.1, 0.15) is 5.56 Å². The van der Waals surface area contributed by atoms with E-state index in [-0.39, 0.29) is 0 Å². The van der Waals surface area contributed by atoms with Crippen LogP contribution >= 0.6 is 11.6 Å². The Morgan fingerprint density at radius 3 is 2.71 bits per heavy atom. The van der Waals surface area contributed by atoms with E-state index in [1.54, 1.807) is 5.01 Å². The number of halogens is 1. The third-order valence-electron chi connectivity index (χ3n) is 1.69. The molecular weight excluding hydrogens is 196 g/mol. The highest BCUT2D eigenvalue weighted by atomic mass is 35.5. The van der Waals surface area contributed by atoms with Crippen molar-refractivity contribution in [2.24, 2.45) is 5.10 Å². The minimum atomic E-state index is 0.406. The SMILES string of the molecule is C=C/C(Cl)=N\N(C)Cc1ccccc1. The predicted octanol–water partition coefficient (Wildman–Crippen LogP) is 2.86. The molecule has 0 atom stereocenters. The van der Waals surface area contributed by atoms with Crippen molar-refractivity contribution in [3.05, 3.63) is 48.6 Å². The van der Waals surface area contributed by atoms with E-state index in [0.717, 1.165) is 6.54 Å². The maximum Gasteiger partial charge on any atom is 0.148 e. The maximum absolute atomic E-state index is 5.72. The standard InChI is InChI=1S/C11H13ClN2/c1-3-11(12)13-14(2)9-10-7-5-4-6-8-10/h3-8H,1,9H2,2H3/b13-11+. The lowest BCUT2D eigenvalue weighted by Gasteiger charge is -2.12. The molecule has 0 aromatic heterocycles. The van der Waals surface area contributed by atoms with Crippen LogP contribution in [0.3, 0.4) is 0 Å². The Balaban J connectivity index is 2.58. The van der Waals surface area contributed by atoms with Crippen molar-refractivity contribution in [2.75, 3.05) is 7.05 Å². The zero-order valence-corrected chi connectivity index (χ0v) is 8.91. The average Bonchev–Trinajstić information content (AvgIpc) is 2.19. The molecule has 0 unspecified atom stereocenters. The second-order valence-corrected chi connectivity index (χ2v) is 3.32. The molecule has 0 fully saturated rings. The van der Waals surface area contributed by atoms with Crippen LogP contribution in [0.5, 0.6) is 0 Å². The first-order valence-electron chi connectivity index (χ1n) is 4.34. The summed E-state index contributed by atoms with van der Waals surface area (Å²) in [7, 11) is 1.87. The Kier molecular flexibility index (Phi) is 4.20. The summed E-state index contributed by atoms with van der Waals surface area (Å²) in [4.78, 5) is 0. The summed E-state index contributed by atoms with van der Waals surface area (Å²) in [5.74, 6) is 0. The number of nitrogens with zero attached hydrogens (tertiary/aromatic N) is 2. The molecule has 0 radical (unpaired) electrons. The number of hydrogen-bond acceptors (Lipinski definition) is 2. The highest BCUT2D eigenvalue weighted by Gasteiger charge is 1.96. The number of allylic oxidation sites excluding steroid dienone is 1. The van der Waals surface area contributed by atoms with Crippen LogP contribution in [-0.4, -0.2) is 17.2 Å². The molecule has 1 aromatic carbocycles. The van der Waals surface area contributed by atoms with Gasteiger partial charge in [-0.3, -0.25) is 5.01 Å². The van der Waals surface area contributed by atoms with Crippen LogP contribution in [0, 0.1) is 0 Å². The summed E-state index contributed by atoms with van der Waals surface area (Å²) in [5, 5.41) is 6.27. The van der Waals surface area contributed by atoms with E-state index in [4.69, 9.17) is 11.6 Å². The molecule has 0 spiro atoms. The molecule has 14 heavy (non-hydrogen) atoms. The van der Waals surface area contributed by atoms with E-state index in [0.29, 0.717) is 5.17 Å². The molecule has 74 valence electrons.